The van der Waals surface area contributed by atoms with E-state index in [1.807, 2.05) is 53.2 Å². The minimum absolute atomic E-state index is 0.727. The van der Waals surface area contributed by atoms with E-state index in [-0.39, 0.29) is 0 Å². The van der Waals surface area contributed by atoms with Crippen molar-refractivity contribution in [1.82, 2.24) is 9.78 Å². The van der Waals surface area contributed by atoms with Crippen LogP contribution in [0.2, 0.25) is 5.02 Å². The summed E-state index contributed by atoms with van der Waals surface area (Å²) < 4.78 is 2.03. The first kappa shape index (κ1) is 14.0. The molecule has 3 aromatic carbocycles. The van der Waals surface area contributed by atoms with Crippen molar-refractivity contribution in [1.29, 1.82) is 0 Å². The van der Waals surface area contributed by atoms with Crippen LogP contribution in [0.25, 0.3) is 22.2 Å². The number of hydrogen-bond donors (Lipinski definition) is 0. The third-order valence-electron chi connectivity index (χ3n) is 3.95. The number of halogens is 1. The van der Waals surface area contributed by atoms with Crippen molar-refractivity contribution in [2.45, 2.75) is 6.54 Å². The van der Waals surface area contributed by atoms with Crippen molar-refractivity contribution < 1.29 is 0 Å². The molecule has 0 amide bonds. The lowest BCUT2D eigenvalue weighted by Gasteiger charge is -2.03. The predicted octanol–water partition coefficient (Wildman–Crippen LogP) is 5.41. The zero-order valence-corrected chi connectivity index (χ0v) is 13.2. The Labute approximate surface area is 140 Å². The van der Waals surface area contributed by atoms with E-state index in [1.54, 1.807) is 0 Å². The SMILES string of the molecule is Clc1cccc2c1c(-c1ccccc1)nn2Cc1ccccc1. The highest BCUT2D eigenvalue weighted by Gasteiger charge is 2.15. The van der Waals surface area contributed by atoms with Gasteiger partial charge < -0.3 is 0 Å². The van der Waals surface area contributed by atoms with Crippen LogP contribution in [0.15, 0.2) is 78.9 Å². The van der Waals surface area contributed by atoms with Crippen molar-refractivity contribution in [3.63, 3.8) is 0 Å². The van der Waals surface area contributed by atoms with E-state index >= 15 is 0 Å². The second-order valence-corrected chi connectivity index (χ2v) is 5.90. The lowest BCUT2D eigenvalue weighted by Crippen LogP contribution is -2.01. The summed E-state index contributed by atoms with van der Waals surface area (Å²) in [5.41, 5.74) is 4.29. The highest BCUT2D eigenvalue weighted by atomic mass is 35.5. The molecule has 1 heterocycles. The van der Waals surface area contributed by atoms with Crippen LogP contribution in [0.4, 0.5) is 0 Å². The van der Waals surface area contributed by atoms with E-state index in [0.717, 1.165) is 33.7 Å². The van der Waals surface area contributed by atoms with Gasteiger partial charge in [0.15, 0.2) is 0 Å². The smallest absolute Gasteiger partial charge is 0.102 e. The Balaban J connectivity index is 1.91. The Morgan fingerprint density at radius 3 is 2.22 bits per heavy atom. The first-order valence-electron chi connectivity index (χ1n) is 7.57. The van der Waals surface area contributed by atoms with Gasteiger partial charge in [0.1, 0.15) is 5.69 Å². The van der Waals surface area contributed by atoms with Gasteiger partial charge in [0, 0.05) is 10.9 Å². The summed E-state index contributed by atoms with van der Waals surface area (Å²) in [5, 5.41) is 6.60. The average Bonchev–Trinajstić information content (AvgIpc) is 2.97. The second kappa shape index (κ2) is 5.90. The zero-order valence-electron chi connectivity index (χ0n) is 12.5. The molecule has 0 unspecified atom stereocenters. The number of rotatable bonds is 3. The van der Waals surface area contributed by atoms with Crippen LogP contribution in [-0.2, 0) is 6.54 Å². The molecule has 0 fully saturated rings. The molecule has 0 bridgehead atoms. The molecule has 0 N–H and O–H groups in total. The standard InChI is InChI=1S/C20H15ClN2/c21-17-12-7-13-18-19(17)20(16-10-5-2-6-11-16)22-23(18)14-15-8-3-1-4-9-15/h1-13H,14H2. The molecule has 0 saturated carbocycles. The van der Waals surface area contributed by atoms with Crippen LogP contribution in [0.1, 0.15) is 5.56 Å². The topological polar surface area (TPSA) is 17.8 Å². The predicted molar refractivity (Wildman–Crippen MR) is 95.7 cm³/mol. The molecule has 0 aliphatic heterocycles. The van der Waals surface area contributed by atoms with Crippen LogP contribution in [0, 0.1) is 0 Å². The largest absolute Gasteiger partial charge is 0.260 e. The van der Waals surface area contributed by atoms with Crippen LogP contribution in [0.3, 0.4) is 0 Å². The van der Waals surface area contributed by atoms with E-state index in [4.69, 9.17) is 16.7 Å². The quantitative estimate of drug-likeness (QED) is 0.494. The van der Waals surface area contributed by atoms with Gasteiger partial charge in [-0.25, -0.2) is 0 Å². The monoisotopic (exact) mass is 318 g/mol. The van der Waals surface area contributed by atoms with E-state index in [9.17, 15) is 0 Å². The van der Waals surface area contributed by atoms with E-state index in [2.05, 4.69) is 30.3 Å². The third kappa shape index (κ3) is 2.62. The molecule has 23 heavy (non-hydrogen) atoms. The van der Waals surface area contributed by atoms with Gasteiger partial charge in [-0.05, 0) is 17.7 Å². The Morgan fingerprint density at radius 2 is 1.48 bits per heavy atom. The van der Waals surface area contributed by atoms with Crippen molar-refractivity contribution >= 4 is 22.5 Å². The van der Waals surface area contributed by atoms with Gasteiger partial charge in [0.05, 0.1) is 17.1 Å². The fraction of sp³-hybridized carbons (Fsp3) is 0.0500. The van der Waals surface area contributed by atoms with Crippen molar-refractivity contribution in [3.05, 3.63) is 89.4 Å². The summed E-state index contributed by atoms with van der Waals surface area (Å²) in [7, 11) is 0. The molecule has 1 aromatic heterocycles. The molecule has 0 spiro atoms. The number of fused-ring (bicyclic) bond motifs is 1. The lowest BCUT2D eigenvalue weighted by molar-refractivity contribution is 0.715. The lowest BCUT2D eigenvalue weighted by atomic mass is 10.1. The molecule has 2 nitrogen and oxygen atoms in total. The maximum Gasteiger partial charge on any atom is 0.102 e. The molecule has 0 aliphatic rings. The summed E-state index contributed by atoms with van der Waals surface area (Å²) in [6, 6.07) is 26.5. The third-order valence-corrected chi connectivity index (χ3v) is 4.26. The minimum atomic E-state index is 0.727. The summed E-state index contributed by atoms with van der Waals surface area (Å²) in [5.74, 6) is 0. The average molecular weight is 319 g/mol. The first-order chi connectivity index (χ1) is 11.3. The Morgan fingerprint density at radius 1 is 0.783 bits per heavy atom. The molecule has 112 valence electrons. The number of hydrogen-bond acceptors (Lipinski definition) is 1. The van der Waals surface area contributed by atoms with Crippen LogP contribution in [0.5, 0.6) is 0 Å². The Bertz CT molecular complexity index is 943. The minimum Gasteiger partial charge on any atom is -0.260 e. The highest BCUT2D eigenvalue weighted by Crippen LogP contribution is 2.33. The molecule has 4 rings (SSSR count). The van der Waals surface area contributed by atoms with Crippen LogP contribution < -0.4 is 0 Å². The van der Waals surface area contributed by atoms with Gasteiger partial charge in [-0.15, -0.1) is 0 Å². The van der Waals surface area contributed by atoms with Crippen LogP contribution in [-0.4, -0.2) is 9.78 Å². The van der Waals surface area contributed by atoms with Gasteiger partial charge in [0.2, 0.25) is 0 Å². The maximum atomic E-state index is 6.48. The normalized spacial score (nSPS) is 11.0. The van der Waals surface area contributed by atoms with Crippen molar-refractivity contribution in [2.24, 2.45) is 0 Å². The summed E-state index contributed by atoms with van der Waals surface area (Å²) in [6.07, 6.45) is 0. The van der Waals surface area contributed by atoms with Crippen molar-refractivity contribution in [2.75, 3.05) is 0 Å². The molecule has 0 aliphatic carbocycles. The van der Waals surface area contributed by atoms with E-state index < -0.39 is 0 Å². The molecule has 0 saturated heterocycles. The number of nitrogens with zero attached hydrogens (tertiary/aromatic N) is 2. The van der Waals surface area contributed by atoms with Gasteiger partial charge in [0.25, 0.3) is 0 Å². The van der Waals surface area contributed by atoms with Crippen molar-refractivity contribution in [3.8, 4) is 11.3 Å². The highest BCUT2D eigenvalue weighted by molar-refractivity contribution is 6.36. The molecule has 0 radical (unpaired) electrons. The van der Waals surface area contributed by atoms with Gasteiger partial charge in [-0.1, -0.05) is 78.3 Å². The maximum absolute atomic E-state index is 6.48. The van der Waals surface area contributed by atoms with Gasteiger partial charge >= 0.3 is 0 Å². The molecular weight excluding hydrogens is 304 g/mol. The number of benzene rings is 3. The first-order valence-corrected chi connectivity index (χ1v) is 7.95. The Kier molecular flexibility index (Phi) is 3.60. The molecular formula is C20H15ClN2. The van der Waals surface area contributed by atoms with Gasteiger partial charge in [-0.2, -0.15) is 5.10 Å². The van der Waals surface area contributed by atoms with Gasteiger partial charge in [-0.3, -0.25) is 4.68 Å². The fourth-order valence-electron chi connectivity index (χ4n) is 2.86. The van der Waals surface area contributed by atoms with E-state index in [0.29, 0.717) is 0 Å². The summed E-state index contributed by atoms with van der Waals surface area (Å²) >= 11 is 6.48. The summed E-state index contributed by atoms with van der Waals surface area (Å²) in [4.78, 5) is 0. The Hall–Kier alpha value is -2.58. The molecule has 0 atom stereocenters. The fourth-order valence-corrected chi connectivity index (χ4v) is 3.12. The molecule has 4 aromatic rings. The second-order valence-electron chi connectivity index (χ2n) is 5.49. The number of aromatic nitrogens is 2. The van der Waals surface area contributed by atoms with E-state index in [1.165, 1.54) is 5.56 Å². The summed E-state index contributed by atoms with van der Waals surface area (Å²) in [6.45, 7) is 0.727. The molecule has 3 heteroatoms. The van der Waals surface area contributed by atoms with Crippen LogP contribution >= 0.6 is 11.6 Å². The zero-order chi connectivity index (χ0) is 15.6.